The van der Waals surface area contributed by atoms with E-state index in [-0.39, 0.29) is 17.7 Å². The standard InChI is InChI=1S/C9H19N3O3/c1-5(2)7(8(10)12-14)11-9(13)6(3)15-4/h5-7,14H,1-4H3,(H2,10,12)(H,11,13). The molecule has 0 saturated heterocycles. The van der Waals surface area contributed by atoms with Crippen molar-refractivity contribution in [1.29, 1.82) is 0 Å². The molecule has 88 valence electrons. The largest absolute Gasteiger partial charge is 0.409 e. The van der Waals surface area contributed by atoms with Crippen LogP contribution in [0.3, 0.4) is 0 Å². The van der Waals surface area contributed by atoms with Gasteiger partial charge in [0.1, 0.15) is 6.10 Å². The maximum Gasteiger partial charge on any atom is 0.249 e. The second-order valence-electron chi connectivity index (χ2n) is 3.63. The van der Waals surface area contributed by atoms with Crippen LogP contribution < -0.4 is 11.1 Å². The summed E-state index contributed by atoms with van der Waals surface area (Å²) in [5, 5.41) is 14.1. The van der Waals surface area contributed by atoms with Crippen LogP contribution in [0.25, 0.3) is 0 Å². The molecule has 2 atom stereocenters. The van der Waals surface area contributed by atoms with Gasteiger partial charge in [-0.05, 0) is 12.8 Å². The minimum atomic E-state index is -0.558. The highest BCUT2D eigenvalue weighted by Crippen LogP contribution is 2.02. The van der Waals surface area contributed by atoms with E-state index >= 15 is 0 Å². The van der Waals surface area contributed by atoms with Crippen molar-refractivity contribution in [2.75, 3.05) is 7.11 Å². The fourth-order valence-electron chi connectivity index (χ4n) is 1.02. The maximum absolute atomic E-state index is 11.5. The molecule has 0 saturated carbocycles. The van der Waals surface area contributed by atoms with Gasteiger partial charge in [0.2, 0.25) is 5.91 Å². The van der Waals surface area contributed by atoms with Crippen LogP contribution in [0.15, 0.2) is 5.16 Å². The molecule has 0 aromatic heterocycles. The first kappa shape index (κ1) is 13.7. The number of nitrogens with two attached hydrogens (primary N) is 1. The molecule has 2 unspecified atom stereocenters. The van der Waals surface area contributed by atoms with Gasteiger partial charge in [0.15, 0.2) is 5.84 Å². The van der Waals surface area contributed by atoms with E-state index in [1.165, 1.54) is 7.11 Å². The third-order valence-corrected chi connectivity index (χ3v) is 2.12. The van der Waals surface area contributed by atoms with Crippen molar-refractivity contribution in [1.82, 2.24) is 5.32 Å². The highest BCUT2D eigenvalue weighted by atomic mass is 16.5. The Balaban J connectivity index is 4.50. The summed E-state index contributed by atoms with van der Waals surface area (Å²) in [6.45, 7) is 5.35. The van der Waals surface area contributed by atoms with E-state index in [1.807, 2.05) is 13.8 Å². The minimum absolute atomic E-state index is 0.0124. The minimum Gasteiger partial charge on any atom is -0.409 e. The molecular weight excluding hydrogens is 198 g/mol. The first-order chi connectivity index (χ1) is 6.93. The van der Waals surface area contributed by atoms with Gasteiger partial charge in [0, 0.05) is 7.11 Å². The van der Waals surface area contributed by atoms with E-state index in [4.69, 9.17) is 15.7 Å². The Kier molecular flexibility index (Phi) is 5.69. The highest BCUT2D eigenvalue weighted by Gasteiger charge is 2.23. The monoisotopic (exact) mass is 217 g/mol. The highest BCUT2D eigenvalue weighted by molar-refractivity contribution is 5.91. The van der Waals surface area contributed by atoms with Crippen molar-refractivity contribution in [2.24, 2.45) is 16.8 Å². The average molecular weight is 217 g/mol. The fourth-order valence-corrected chi connectivity index (χ4v) is 1.02. The van der Waals surface area contributed by atoms with Crippen LogP contribution >= 0.6 is 0 Å². The lowest BCUT2D eigenvalue weighted by Crippen LogP contribution is -2.50. The van der Waals surface area contributed by atoms with Gasteiger partial charge in [-0.1, -0.05) is 19.0 Å². The number of hydrogen-bond acceptors (Lipinski definition) is 4. The number of carbonyl (C=O) groups is 1. The number of amides is 1. The molecule has 4 N–H and O–H groups in total. The number of rotatable bonds is 5. The molecule has 0 spiro atoms. The second-order valence-corrected chi connectivity index (χ2v) is 3.63. The van der Waals surface area contributed by atoms with Crippen molar-refractivity contribution < 1.29 is 14.7 Å². The smallest absolute Gasteiger partial charge is 0.249 e. The Hall–Kier alpha value is -1.30. The van der Waals surface area contributed by atoms with E-state index < -0.39 is 12.1 Å². The normalized spacial score (nSPS) is 16.2. The van der Waals surface area contributed by atoms with Crippen LogP contribution in [0.4, 0.5) is 0 Å². The summed E-state index contributed by atoms with van der Waals surface area (Å²) in [6.07, 6.45) is -0.558. The molecule has 0 fully saturated rings. The molecule has 0 aliphatic carbocycles. The number of ether oxygens (including phenoxy) is 1. The molecule has 6 heteroatoms. The molecule has 1 amide bonds. The quantitative estimate of drug-likeness (QED) is 0.259. The number of amidine groups is 1. The topological polar surface area (TPSA) is 96.9 Å². The number of nitrogens with one attached hydrogen (secondary N) is 1. The van der Waals surface area contributed by atoms with Crippen LogP contribution in [-0.4, -0.2) is 36.2 Å². The van der Waals surface area contributed by atoms with Gasteiger partial charge in [-0.25, -0.2) is 0 Å². The van der Waals surface area contributed by atoms with Crippen LogP contribution in [0.1, 0.15) is 20.8 Å². The van der Waals surface area contributed by atoms with Crippen LogP contribution in [0.5, 0.6) is 0 Å². The Morgan fingerprint density at radius 1 is 1.47 bits per heavy atom. The lowest BCUT2D eigenvalue weighted by atomic mass is 10.0. The predicted molar refractivity (Wildman–Crippen MR) is 56.6 cm³/mol. The summed E-state index contributed by atoms with van der Waals surface area (Å²) in [6, 6.07) is -0.486. The fraction of sp³-hybridized carbons (Fsp3) is 0.778. The Morgan fingerprint density at radius 2 is 2.00 bits per heavy atom. The number of hydrogen-bond donors (Lipinski definition) is 3. The van der Waals surface area contributed by atoms with Gasteiger partial charge < -0.3 is 21.0 Å². The van der Waals surface area contributed by atoms with Crippen LogP contribution in [-0.2, 0) is 9.53 Å². The van der Waals surface area contributed by atoms with E-state index in [9.17, 15) is 4.79 Å². The van der Waals surface area contributed by atoms with Gasteiger partial charge in [-0.15, -0.1) is 0 Å². The summed E-state index contributed by atoms with van der Waals surface area (Å²) in [5.74, 6) is -0.265. The SMILES string of the molecule is COC(C)C(=O)NC(C(N)=NO)C(C)C. The predicted octanol–water partition coefficient (Wildman–Crippen LogP) is -0.0915. The molecule has 0 radical (unpaired) electrons. The molecule has 15 heavy (non-hydrogen) atoms. The van der Waals surface area contributed by atoms with E-state index in [1.54, 1.807) is 6.92 Å². The van der Waals surface area contributed by atoms with E-state index in [0.29, 0.717) is 0 Å². The molecule has 6 nitrogen and oxygen atoms in total. The molecule has 0 aromatic rings. The average Bonchev–Trinajstić information content (AvgIpc) is 2.22. The lowest BCUT2D eigenvalue weighted by molar-refractivity contribution is -0.130. The van der Waals surface area contributed by atoms with Crippen molar-refractivity contribution in [2.45, 2.75) is 32.9 Å². The summed E-state index contributed by atoms with van der Waals surface area (Å²) in [5.41, 5.74) is 5.45. The zero-order valence-electron chi connectivity index (χ0n) is 9.52. The molecular formula is C9H19N3O3. The molecule has 0 aromatic carbocycles. The number of methoxy groups -OCH3 is 1. The molecule has 0 aliphatic rings. The van der Waals surface area contributed by atoms with Gasteiger partial charge in [-0.2, -0.15) is 0 Å². The van der Waals surface area contributed by atoms with Crippen molar-refractivity contribution in [3.63, 3.8) is 0 Å². The van der Waals surface area contributed by atoms with E-state index in [0.717, 1.165) is 0 Å². The first-order valence-electron chi connectivity index (χ1n) is 4.74. The van der Waals surface area contributed by atoms with Crippen LogP contribution in [0, 0.1) is 5.92 Å². The molecule has 0 aliphatic heterocycles. The summed E-state index contributed by atoms with van der Waals surface area (Å²) < 4.78 is 4.85. The zero-order valence-corrected chi connectivity index (χ0v) is 9.52. The maximum atomic E-state index is 11.5. The van der Waals surface area contributed by atoms with Crippen LogP contribution in [0.2, 0.25) is 0 Å². The number of carbonyl (C=O) groups excluding carboxylic acids is 1. The Morgan fingerprint density at radius 3 is 2.33 bits per heavy atom. The van der Waals surface area contributed by atoms with Gasteiger partial charge in [-0.3, -0.25) is 4.79 Å². The molecule has 0 rings (SSSR count). The number of nitrogens with zero attached hydrogens (tertiary/aromatic N) is 1. The van der Waals surface area contributed by atoms with Crippen molar-refractivity contribution in [3.8, 4) is 0 Å². The number of oxime groups is 1. The summed E-state index contributed by atoms with van der Waals surface area (Å²) >= 11 is 0. The third-order valence-electron chi connectivity index (χ3n) is 2.12. The lowest BCUT2D eigenvalue weighted by Gasteiger charge is -2.22. The summed E-state index contributed by atoms with van der Waals surface area (Å²) in [7, 11) is 1.44. The Bertz CT molecular complexity index is 241. The first-order valence-corrected chi connectivity index (χ1v) is 4.74. The third kappa shape index (κ3) is 4.16. The molecule has 0 heterocycles. The van der Waals surface area contributed by atoms with Gasteiger partial charge in [0.05, 0.1) is 6.04 Å². The van der Waals surface area contributed by atoms with Crippen molar-refractivity contribution >= 4 is 11.7 Å². The van der Waals surface area contributed by atoms with Gasteiger partial charge in [0.25, 0.3) is 0 Å². The molecule has 0 bridgehead atoms. The summed E-state index contributed by atoms with van der Waals surface area (Å²) in [4.78, 5) is 11.5. The zero-order chi connectivity index (χ0) is 12.0. The van der Waals surface area contributed by atoms with E-state index in [2.05, 4.69) is 10.5 Å². The Labute approximate surface area is 89.5 Å². The second kappa shape index (κ2) is 6.23. The van der Waals surface area contributed by atoms with Crippen molar-refractivity contribution in [3.05, 3.63) is 0 Å². The van der Waals surface area contributed by atoms with Gasteiger partial charge >= 0.3 is 0 Å².